The van der Waals surface area contributed by atoms with Crippen LogP contribution in [0, 0.1) is 0 Å². The number of halogens is 2. The third-order valence-electron chi connectivity index (χ3n) is 4.13. The van der Waals surface area contributed by atoms with Crippen LogP contribution in [-0.2, 0) is 14.8 Å². The second kappa shape index (κ2) is 8.41. The maximum atomic E-state index is 13.1. The monoisotopic (exact) mass is 419 g/mol. The minimum Gasteiger partial charge on any atom is -0.464 e. The van der Waals surface area contributed by atoms with E-state index < -0.39 is 22.0 Å². The van der Waals surface area contributed by atoms with Gasteiger partial charge in [0.1, 0.15) is 10.6 Å². The van der Waals surface area contributed by atoms with Crippen LogP contribution in [0.2, 0.25) is 5.02 Å². The van der Waals surface area contributed by atoms with Gasteiger partial charge in [-0.1, -0.05) is 29.8 Å². The van der Waals surface area contributed by atoms with Gasteiger partial charge >= 0.3 is 5.97 Å². The summed E-state index contributed by atoms with van der Waals surface area (Å²) < 4.78 is 32.2. The molecule has 1 atom stereocenters. The maximum absolute atomic E-state index is 13.1. The highest BCUT2D eigenvalue weighted by Crippen LogP contribution is 2.32. The zero-order chi connectivity index (χ0) is 18.0. The molecule has 1 aromatic heterocycles. The highest BCUT2D eigenvalue weighted by molar-refractivity contribution is 7.89. The molecule has 2 aromatic rings. The van der Waals surface area contributed by atoms with Crippen LogP contribution in [-0.4, -0.2) is 50.4 Å². The molecular weight excluding hydrogens is 401 g/mol. The molecule has 0 saturated carbocycles. The van der Waals surface area contributed by atoms with E-state index in [9.17, 15) is 13.2 Å². The van der Waals surface area contributed by atoms with Crippen molar-refractivity contribution in [3.63, 3.8) is 0 Å². The number of hydrogen-bond acceptors (Lipinski definition) is 5. The van der Waals surface area contributed by atoms with Crippen LogP contribution in [0.3, 0.4) is 0 Å². The molecule has 1 aromatic carbocycles. The summed E-state index contributed by atoms with van der Waals surface area (Å²) in [7, 11) is -2.56. The molecule has 0 spiro atoms. The van der Waals surface area contributed by atoms with E-state index in [0.29, 0.717) is 24.7 Å². The van der Waals surface area contributed by atoms with E-state index in [4.69, 9.17) is 11.6 Å². The molecule has 3 rings (SSSR count). The lowest BCUT2D eigenvalue weighted by molar-refractivity contribution is 0.0594. The molecule has 2 N–H and O–H groups in total. The van der Waals surface area contributed by atoms with Crippen molar-refractivity contribution in [2.75, 3.05) is 26.7 Å². The molecule has 26 heavy (non-hydrogen) atoms. The summed E-state index contributed by atoms with van der Waals surface area (Å²) in [4.78, 5) is 14.2. The van der Waals surface area contributed by atoms with Crippen molar-refractivity contribution in [2.24, 2.45) is 0 Å². The number of carbonyl (C=O) groups excluding carboxylic acids is 1. The molecule has 0 bridgehead atoms. The number of piperazine rings is 1. The van der Waals surface area contributed by atoms with Crippen molar-refractivity contribution in [1.29, 1.82) is 0 Å². The fraction of sp³-hybridized carbons (Fsp3) is 0.312. The van der Waals surface area contributed by atoms with Gasteiger partial charge in [-0.05, 0) is 17.7 Å². The Bertz CT molecular complexity index is 885. The number of H-pyrrole nitrogens is 1. The third-order valence-corrected chi connectivity index (χ3v) is 6.36. The van der Waals surface area contributed by atoms with Crippen molar-refractivity contribution in [3.8, 4) is 0 Å². The Balaban J connectivity index is 0.00000243. The lowest BCUT2D eigenvalue weighted by Gasteiger charge is -2.35. The number of benzene rings is 1. The van der Waals surface area contributed by atoms with Crippen LogP contribution in [0.25, 0.3) is 0 Å². The molecule has 0 amide bonds. The lowest BCUT2D eigenvalue weighted by atomic mass is 10.1. The van der Waals surface area contributed by atoms with Crippen molar-refractivity contribution >= 4 is 40.0 Å². The topological polar surface area (TPSA) is 91.5 Å². The summed E-state index contributed by atoms with van der Waals surface area (Å²) in [6, 6.07) is 8.04. The predicted molar refractivity (Wildman–Crippen MR) is 100 cm³/mol. The molecule has 0 radical (unpaired) electrons. The summed E-state index contributed by atoms with van der Waals surface area (Å²) >= 11 is 6.27. The number of aromatic amines is 1. The fourth-order valence-electron chi connectivity index (χ4n) is 2.87. The highest BCUT2D eigenvalue weighted by Gasteiger charge is 2.36. The third kappa shape index (κ3) is 3.89. The van der Waals surface area contributed by atoms with E-state index in [1.165, 1.54) is 23.7 Å². The normalized spacial score (nSPS) is 18.2. The average molecular weight is 420 g/mol. The lowest BCUT2D eigenvalue weighted by Crippen LogP contribution is -2.48. The largest absolute Gasteiger partial charge is 0.464 e. The minimum absolute atomic E-state index is 0. The Hall–Kier alpha value is -1.58. The van der Waals surface area contributed by atoms with Crippen molar-refractivity contribution in [2.45, 2.75) is 10.9 Å². The Morgan fingerprint density at radius 2 is 2.08 bits per heavy atom. The van der Waals surface area contributed by atoms with Gasteiger partial charge in [-0.25, -0.2) is 13.2 Å². The van der Waals surface area contributed by atoms with Gasteiger partial charge in [-0.2, -0.15) is 4.31 Å². The smallest absolute Gasteiger partial charge is 0.354 e. The first-order valence-electron chi connectivity index (χ1n) is 7.69. The Morgan fingerprint density at radius 3 is 2.77 bits per heavy atom. The molecule has 1 aliphatic heterocycles. The van der Waals surface area contributed by atoms with Crippen LogP contribution in [0.1, 0.15) is 22.1 Å². The quantitative estimate of drug-likeness (QED) is 0.741. The molecule has 0 aliphatic carbocycles. The number of nitrogens with one attached hydrogen (secondary N) is 2. The molecule has 1 fully saturated rings. The van der Waals surface area contributed by atoms with Gasteiger partial charge in [0.15, 0.2) is 0 Å². The number of aromatic nitrogens is 1. The van der Waals surface area contributed by atoms with Gasteiger partial charge in [-0.3, -0.25) is 0 Å². The molecule has 1 aliphatic rings. The van der Waals surface area contributed by atoms with Crippen molar-refractivity contribution < 1.29 is 17.9 Å². The predicted octanol–water partition coefficient (Wildman–Crippen LogP) is 2.21. The number of ether oxygens (including phenoxy) is 1. The van der Waals surface area contributed by atoms with Gasteiger partial charge in [0.05, 0.1) is 13.2 Å². The zero-order valence-electron chi connectivity index (χ0n) is 13.9. The van der Waals surface area contributed by atoms with Gasteiger partial charge < -0.3 is 15.0 Å². The van der Waals surface area contributed by atoms with Crippen LogP contribution < -0.4 is 5.32 Å². The van der Waals surface area contributed by atoms with Crippen molar-refractivity contribution in [3.05, 3.63) is 52.8 Å². The van der Waals surface area contributed by atoms with E-state index in [2.05, 4.69) is 15.0 Å². The van der Waals surface area contributed by atoms with Gasteiger partial charge in [-0.15, -0.1) is 12.4 Å². The molecule has 142 valence electrons. The summed E-state index contributed by atoms with van der Waals surface area (Å²) in [5, 5.41) is 3.71. The molecular formula is C16H19Cl2N3O4S. The van der Waals surface area contributed by atoms with Crippen LogP contribution in [0.4, 0.5) is 0 Å². The first-order valence-corrected chi connectivity index (χ1v) is 9.50. The molecule has 7 nitrogen and oxygen atoms in total. The number of hydrogen-bond donors (Lipinski definition) is 2. The molecule has 1 saturated heterocycles. The molecule has 1 unspecified atom stereocenters. The van der Waals surface area contributed by atoms with Crippen LogP contribution in [0.5, 0.6) is 0 Å². The highest BCUT2D eigenvalue weighted by atomic mass is 35.5. The summed E-state index contributed by atoms with van der Waals surface area (Å²) in [5.74, 6) is -0.621. The summed E-state index contributed by atoms with van der Waals surface area (Å²) in [6.45, 7) is 1.29. The fourth-order valence-corrected chi connectivity index (χ4v) is 4.73. The van der Waals surface area contributed by atoms with Gasteiger partial charge in [0.2, 0.25) is 10.0 Å². The van der Waals surface area contributed by atoms with E-state index in [0.717, 1.165) is 5.56 Å². The average Bonchev–Trinajstić information content (AvgIpc) is 3.12. The Labute approximate surface area is 163 Å². The maximum Gasteiger partial charge on any atom is 0.354 e. The zero-order valence-corrected chi connectivity index (χ0v) is 16.3. The number of sulfonamides is 1. The van der Waals surface area contributed by atoms with Crippen LogP contribution in [0.15, 0.2) is 41.4 Å². The first kappa shape index (κ1) is 20.7. The minimum atomic E-state index is -3.80. The summed E-state index contributed by atoms with van der Waals surface area (Å²) in [5.41, 5.74) is 0.828. The first-order chi connectivity index (χ1) is 11.9. The Kier molecular flexibility index (Phi) is 6.70. The second-order valence-electron chi connectivity index (χ2n) is 5.60. The molecule has 10 heteroatoms. The summed E-state index contributed by atoms with van der Waals surface area (Å²) in [6.07, 6.45) is 1.30. The van der Waals surface area contributed by atoms with E-state index >= 15 is 0 Å². The SMILES string of the molecule is COC(=O)c1cc(S(=O)(=O)N2CCNCC2c2ccccc2Cl)c[nH]1.Cl. The number of esters is 1. The Morgan fingerprint density at radius 1 is 1.35 bits per heavy atom. The van der Waals surface area contributed by atoms with E-state index in [1.807, 2.05) is 12.1 Å². The number of nitrogens with zero attached hydrogens (tertiary/aromatic N) is 1. The standard InChI is InChI=1S/C16H18ClN3O4S.ClH/c1-24-16(21)14-8-11(9-19-14)25(22,23)20-7-6-18-10-15(20)12-4-2-3-5-13(12)17;/h2-5,8-9,15,18-19H,6-7,10H2,1H3;1H. The number of rotatable bonds is 4. The second-order valence-corrected chi connectivity index (χ2v) is 7.90. The van der Waals surface area contributed by atoms with E-state index in [-0.39, 0.29) is 23.0 Å². The number of methoxy groups -OCH3 is 1. The van der Waals surface area contributed by atoms with Gasteiger partial charge in [0, 0.05) is 30.9 Å². The van der Waals surface area contributed by atoms with Crippen LogP contribution >= 0.6 is 24.0 Å². The van der Waals surface area contributed by atoms with Gasteiger partial charge in [0.25, 0.3) is 0 Å². The van der Waals surface area contributed by atoms with Crippen molar-refractivity contribution in [1.82, 2.24) is 14.6 Å². The van der Waals surface area contributed by atoms with E-state index in [1.54, 1.807) is 12.1 Å². The molecule has 2 heterocycles. The number of carbonyl (C=O) groups is 1.